The Morgan fingerprint density at radius 1 is 0.755 bits per heavy atom. The fraction of sp³-hybridized carbons (Fsp3) is 0.316. The summed E-state index contributed by atoms with van der Waals surface area (Å²) in [5.74, 6) is -3.65. The van der Waals surface area contributed by atoms with Crippen LogP contribution in [0, 0.1) is 6.92 Å². The van der Waals surface area contributed by atoms with Gasteiger partial charge in [-0.25, -0.2) is 0 Å². The number of rotatable bonds is 19. The van der Waals surface area contributed by atoms with Crippen LogP contribution in [-0.2, 0) is 48.0 Å². The summed E-state index contributed by atoms with van der Waals surface area (Å²) in [6, 6.07) is 16.7. The summed E-state index contributed by atoms with van der Waals surface area (Å²) >= 11 is 4.79. The molecule has 53 heavy (non-hydrogen) atoms. The maximum atomic E-state index is 14.0. The van der Waals surface area contributed by atoms with E-state index in [9.17, 15) is 33.9 Å². The van der Waals surface area contributed by atoms with Crippen LogP contribution in [-0.4, -0.2) is 64.8 Å². The Bertz CT molecular complexity index is 1830. The highest BCUT2D eigenvalue weighted by Crippen LogP contribution is 2.15. The molecule has 4 unspecified atom stereocenters. The van der Waals surface area contributed by atoms with Crippen LogP contribution in [0.4, 0.5) is 5.69 Å². The number of halogens is 1. The summed E-state index contributed by atoms with van der Waals surface area (Å²) in [4.78, 5) is 79.1. The zero-order valence-electron chi connectivity index (χ0n) is 29.2. The van der Waals surface area contributed by atoms with E-state index in [0.717, 1.165) is 14.9 Å². The SMILES string of the molecule is Cc1ccc(NC(=O)CCC(=O)NC(Cc2cccs2)C(=O)NC(Cc2ccc(Br)cc2)C(=O)NC(CCc2ccco2)C(=O)NC(C)C(=O)O)cc1. The van der Waals surface area contributed by atoms with Crippen LogP contribution in [0.1, 0.15) is 48.0 Å². The first-order valence-electron chi connectivity index (χ1n) is 16.9. The van der Waals surface area contributed by atoms with Crippen molar-refractivity contribution in [3.63, 3.8) is 0 Å². The van der Waals surface area contributed by atoms with Gasteiger partial charge in [-0.05, 0) is 73.7 Å². The average Bonchev–Trinajstić information content (AvgIpc) is 3.85. The lowest BCUT2D eigenvalue weighted by atomic mass is 10.0. The maximum Gasteiger partial charge on any atom is 0.325 e. The molecule has 4 rings (SSSR count). The number of carbonyl (C=O) groups excluding carboxylic acids is 5. The van der Waals surface area contributed by atoms with E-state index in [-0.39, 0.29) is 44.4 Å². The maximum absolute atomic E-state index is 14.0. The number of hydrogen-bond donors (Lipinski definition) is 6. The standard InChI is InChI=1S/C38H42BrN5O8S/c1-23-7-13-27(14-8-23)41-33(45)17-18-34(46)42-32(22-29-6-4-20-53-29)37(49)44-31(21-25-9-11-26(39)12-10-25)36(48)43-30(16-15-28-5-3-19-52-28)35(47)40-24(2)38(50)51/h3-14,19-20,24,30-32H,15-18,21-22H2,1-2H3,(H,40,47)(H,41,45)(H,42,46)(H,43,48)(H,44,49)(H,50,51). The molecule has 4 aromatic rings. The first kappa shape index (κ1) is 40.5. The van der Waals surface area contributed by atoms with Gasteiger partial charge in [0.1, 0.15) is 29.9 Å². The molecule has 0 saturated carbocycles. The van der Waals surface area contributed by atoms with Crippen LogP contribution in [0.15, 0.2) is 93.3 Å². The average molecular weight is 809 g/mol. The number of amides is 5. The van der Waals surface area contributed by atoms with Gasteiger partial charge in [0.05, 0.1) is 6.26 Å². The van der Waals surface area contributed by atoms with E-state index in [0.29, 0.717) is 17.0 Å². The number of anilines is 1. The third kappa shape index (κ3) is 13.7. The summed E-state index contributed by atoms with van der Waals surface area (Å²) in [7, 11) is 0. The second-order valence-corrected chi connectivity index (χ2v) is 14.4. The highest BCUT2D eigenvalue weighted by Gasteiger charge is 2.31. The van der Waals surface area contributed by atoms with E-state index in [1.54, 1.807) is 48.5 Å². The van der Waals surface area contributed by atoms with Crippen molar-refractivity contribution in [2.24, 2.45) is 0 Å². The number of nitrogens with one attached hydrogen (secondary N) is 5. The summed E-state index contributed by atoms with van der Waals surface area (Å²) in [6.45, 7) is 3.24. The predicted molar refractivity (Wildman–Crippen MR) is 203 cm³/mol. The monoisotopic (exact) mass is 807 g/mol. The van der Waals surface area contributed by atoms with Gasteiger partial charge < -0.3 is 36.1 Å². The van der Waals surface area contributed by atoms with E-state index in [2.05, 4.69) is 42.5 Å². The molecule has 0 bridgehead atoms. The van der Waals surface area contributed by atoms with Crippen LogP contribution in [0.3, 0.4) is 0 Å². The van der Waals surface area contributed by atoms with Gasteiger partial charge in [0.2, 0.25) is 29.5 Å². The summed E-state index contributed by atoms with van der Waals surface area (Å²) in [5.41, 5.74) is 2.33. The molecule has 0 aliphatic rings. The molecule has 0 radical (unpaired) electrons. The number of benzene rings is 2. The summed E-state index contributed by atoms with van der Waals surface area (Å²) in [5, 5.41) is 24.6. The van der Waals surface area contributed by atoms with Crippen LogP contribution in [0.25, 0.3) is 0 Å². The minimum atomic E-state index is -1.25. The Morgan fingerprint density at radius 3 is 2.02 bits per heavy atom. The van der Waals surface area contributed by atoms with Crippen molar-refractivity contribution in [2.45, 2.75) is 76.5 Å². The van der Waals surface area contributed by atoms with Crippen molar-refractivity contribution < 1.29 is 38.3 Å². The first-order valence-corrected chi connectivity index (χ1v) is 18.6. The first-order chi connectivity index (χ1) is 25.4. The highest BCUT2D eigenvalue weighted by atomic mass is 79.9. The van der Waals surface area contributed by atoms with Gasteiger partial charge in [0, 0.05) is 47.1 Å². The fourth-order valence-corrected chi connectivity index (χ4v) is 6.21. The van der Waals surface area contributed by atoms with Crippen molar-refractivity contribution in [1.29, 1.82) is 0 Å². The summed E-state index contributed by atoms with van der Waals surface area (Å²) in [6.07, 6.45) is 1.66. The van der Waals surface area contributed by atoms with Crippen molar-refractivity contribution >= 4 is 68.5 Å². The van der Waals surface area contributed by atoms with Crippen LogP contribution in [0.5, 0.6) is 0 Å². The van der Waals surface area contributed by atoms with E-state index in [4.69, 9.17) is 4.42 Å². The number of carbonyl (C=O) groups is 6. The molecular formula is C38H42BrN5O8S. The number of thiophene rings is 1. The molecule has 0 saturated heterocycles. The number of carboxylic acids is 1. The van der Waals surface area contributed by atoms with E-state index in [1.807, 2.05) is 36.6 Å². The second-order valence-electron chi connectivity index (χ2n) is 12.5. The van der Waals surface area contributed by atoms with Gasteiger partial charge in [-0.2, -0.15) is 0 Å². The molecule has 280 valence electrons. The number of aliphatic carboxylic acids is 1. The van der Waals surface area contributed by atoms with Crippen LogP contribution in [0.2, 0.25) is 0 Å². The molecule has 0 fully saturated rings. The van der Waals surface area contributed by atoms with Crippen molar-refractivity contribution in [3.8, 4) is 0 Å². The van der Waals surface area contributed by atoms with Gasteiger partial charge in [0.25, 0.3) is 0 Å². The smallest absolute Gasteiger partial charge is 0.325 e. The molecule has 6 N–H and O–H groups in total. The molecule has 0 aliphatic carbocycles. The number of hydrogen-bond acceptors (Lipinski definition) is 8. The minimum absolute atomic E-state index is 0.0295. The summed E-state index contributed by atoms with van der Waals surface area (Å²) < 4.78 is 6.19. The van der Waals surface area contributed by atoms with E-state index < -0.39 is 53.8 Å². The van der Waals surface area contributed by atoms with Crippen LogP contribution < -0.4 is 26.6 Å². The third-order valence-corrected chi connectivity index (χ3v) is 9.59. The quantitative estimate of drug-likeness (QED) is 0.0807. The molecule has 0 spiro atoms. The number of furan rings is 1. The van der Waals surface area contributed by atoms with Gasteiger partial charge in [-0.15, -0.1) is 11.3 Å². The van der Waals surface area contributed by atoms with Crippen molar-refractivity contribution in [2.75, 3.05) is 5.32 Å². The molecule has 2 heterocycles. The normalized spacial score (nSPS) is 13.1. The minimum Gasteiger partial charge on any atom is -0.480 e. The Morgan fingerprint density at radius 2 is 1.40 bits per heavy atom. The molecular weight excluding hydrogens is 766 g/mol. The van der Waals surface area contributed by atoms with Gasteiger partial charge in [0.15, 0.2) is 0 Å². The zero-order valence-corrected chi connectivity index (χ0v) is 31.6. The lowest BCUT2D eigenvalue weighted by Gasteiger charge is -2.26. The topological polar surface area (TPSA) is 196 Å². The largest absolute Gasteiger partial charge is 0.480 e. The van der Waals surface area contributed by atoms with E-state index in [1.165, 1.54) is 24.5 Å². The highest BCUT2D eigenvalue weighted by molar-refractivity contribution is 9.10. The van der Waals surface area contributed by atoms with E-state index >= 15 is 0 Å². The molecule has 5 amide bonds. The molecule has 0 aliphatic heterocycles. The molecule has 15 heteroatoms. The Labute approximate surface area is 319 Å². The number of carboxylic acid groups (broad SMARTS) is 1. The Hall–Kier alpha value is -5.28. The lowest BCUT2D eigenvalue weighted by molar-refractivity contribution is -0.141. The van der Waals surface area contributed by atoms with Crippen molar-refractivity contribution in [3.05, 3.63) is 111 Å². The number of aryl methyl sites for hydroxylation is 2. The van der Waals surface area contributed by atoms with Gasteiger partial charge in [-0.3, -0.25) is 28.8 Å². The lowest BCUT2D eigenvalue weighted by Crippen LogP contribution is -2.58. The molecule has 13 nitrogen and oxygen atoms in total. The molecule has 4 atom stereocenters. The Balaban J connectivity index is 1.50. The zero-order chi connectivity index (χ0) is 38.3. The van der Waals surface area contributed by atoms with Gasteiger partial charge >= 0.3 is 5.97 Å². The Kier molecular flexibility index (Phi) is 15.3. The third-order valence-electron chi connectivity index (χ3n) is 8.16. The van der Waals surface area contributed by atoms with Crippen LogP contribution >= 0.6 is 27.3 Å². The van der Waals surface area contributed by atoms with Gasteiger partial charge in [-0.1, -0.05) is 51.8 Å². The molecule has 2 aromatic heterocycles. The predicted octanol–water partition coefficient (Wildman–Crippen LogP) is 4.29. The molecule has 2 aromatic carbocycles. The van der Waals surface area contributed by atoms with Crippen molar-refractivity contribution in [1.82, 2.24) is 21.3 Å². The second kappa shape index (κ2) is 20.1. The fourth-order valence-electron chi connectivity index (χ4n) is 5.19.